The lowest BCUT2D eigenvalue weighted by molar-refractivity contribution is -0.116. The molecule has 1 aromatic heterocycles. The summed E-state index contributed by atoms with van der Waals surface area (Å²) < 4.78 is 28.4. The minimum absolute atomic E-state index is 0.0335. The number of rotatable bonds is 10. The van der Waals surface area contributed by atoms with E-state index < -0.39 is 6.61 Å². The third kappa shape index (κ3) is 7.78. The first-order valence-corrected chi connectivity index (χ1v) is 9.52. The fourth-order valence-electron chi connectivity index (χ4n) is 2.28. The average Bonchev–Trinajstić information content (AvgIpc) is 2.60. The Morgan fingerprint density at radius 3 is 2.74 bits per heavy atom. The smallest absolute Gasteiger partial charge is 0.387 e. The predicted octanol–water partition coefficient (Wildman–Crippen LogP) is 3.83. The number of aromatic nitrogens is 2. The number of amides is 1. The van der Waals surface area contributed by atoms with Gasteiger partial charge < -0.3 is 15.0 Å². The van der Waals surface area contributed by atoms with Crippen molar-refractivity contribution in [2.45, 2.75) is 44.4 Å². The van der Waals surface area contributed by atoms with Crippen molar-refractivity contribution in [1.29, 1.82) is 0 Å². The molecule has 0 atom stereocenters. The van der Waals surface area contributed by atoms with Crippen molar-refractivity contribution in [3.05, 3.63) is 46.4 Å². The number of nitrogens with zero attached hydrogens (tertiary/aromatic N) is 1. The number of carbonyl (C=O) groups excluding carboxylic acids is 1. The van der Waals surface area contributed by atoms with Gasteiger partial charge in [0.15, 0.2) is 5.16 Å². The minimum atomic E-state index is -2.88. The van der Waals surface area contributed by atoms with Gasteiger partial charge in [-0.15, -0.1) is 0 Å². The van der Waals surface area contributed by atoms with E-state index in [-0.39, 0.29) is 17.2 Å². The molecule has 0 radical (unpaired) electrons. The van der Waals surface area contributed by atoms with Crippen LogP contribution in [0.25, 0.3) is 0 Å². The van der Waals surface area contributed by atoms with E-state index in [1.165, 1.54) is 42.1 Å². The van der Waals surface area contributed by atoms with Crippen LogP contribution >= 0.6 is 11.8 Å². The molecule has 2 N–H and O–H groups in total. The molecular weight excluding hydrogens is 376 g/mol. The summed E-state index contributed by atoms with van der Waals surface area (Å²) in [5.41, 5.74) is 1.10. The number of hydrogen-bond donors (Lipinski definition) is 2. The quantitative estimate of drug-likeness (QED) is 0.362. The van der Waals surface area contributed by atoms with Crippen molar-refractivity contribution in [3.8, 4) is 5.75 Å². The highest BCUT2D eigenvalue weighted by atomic mass is 32.2. The van der Waals surface area contributed by atoms with Gasteiger partial charge in [0.2, 0.25) is 5.91 Å². The summed E-state index contributed by atoms with van der Waals surface area (Å²) in [5, 5.41) is 3.25. The molecule has 0 saturated carbocycles. The van der Waals surface area contributed by atoms with E-state index in [1.54, 1.807) is 0 Å². The zero-order chi connectivity index (χ0) is 19.6. The van der Waals surface area contributed by atoms with Crippen LogP contribution in [0.2, 0.25) is 0 Å². The van der Waals surface area contributed by atoms with Crippen LogP contribution in [0.15, 0.2) is 40.3 Å². The maximum Gasteiger partial charge on any atom is 0.387 e. The molecule has 1 aromatic carbocycles. The molecule has 0 fully saturated rings. The molecule has 0 bridgehead atoms. The Bertz CT molecular complexity index is 797. The second-order valence-electron chi connectivity index (χ2n) is 5.69. The number of aryl methyl sites for hydroxylation is 1. The molecule has 2 aromatic rings. The van der Waals surface area contributed by atoms with E-state index in [1.807, 2.05) is 6.92 Å². The molecule has 0 spiro atoms. The summed E-state index contributed by atoms with van der Waals surface area (Å²) in [5.74, 6) is 0.484. The van der Waals surface area contributed by atoms with E-state index in [0.29, 0.717) is 29.4 Å². The number of anilines is 1. The number of carbonyl (C=O) groups is 1. The van der Waals surface area contributed by atoms with Gasteiger partial charge in [-0.25, -0.2) is 4.98 Å². The Labute approximate surface area is 159 Å². The van der Waals surface area contributed by atoms with E-state index in [9.17, 15) is 18.4 Å². The van der Waals surface area contributed by atoms with Crippen molar-refractivity contribution in [1.82, 2.24) is 9.97 Å². The number of alkyl halides is 2. The number of aromatic amines is 1. The Hall–Kier alpha value is -2.42. The Kier molecular flexibility index (Phi) is 8.25. The molecule has 27 heavy (non-hydrogen) atoms. The Morgan fingerprint density at radius 2 is 2.07 bits per heavy atom. The lowest BCUT2D eigenvalue weighted by atomic mass is 10.2. The zero-order valence-corrected chi connectivity index (χ0v) is 15.7. The van der Waals surface area contributed by atoms with E-state index in [2.05, 4.69) is 20.0 Å². The highest BCUT2D eigenvalue weighted by molar-refractivity contribution is 7.99. The molecule has 9 heteroatoms. The molecule has 0 unspecified atom stereocenters. The molecule has 2 rings (SSSR count). The first kappa shape index (κ1) is 20.9. The minimum Gasteiger partial charge on any atom is -0.435 e. The van der Waals surface area contributed by atoms with Crippen LogP contribution in [0.5, 0.6) is 5.75 Å². The molecule has 6 nitrogen and oxygen atoms in total. The molecule has 1 heterocycles. The number of halogens is 2. The molecule has 0 aliphatic rings. The van der Waals surface area contributed by atoms with Gasteiger partial charge in [-0.05, 0) is 37.1 Å². The fraction of sp³-hybridized carbons (Fsp3) is 0.389. The van der Waals surface area contributed by atoms with Gasteiger partial charge in [0.05, 0.1) is 0 Å². The van der Waals surface area contributed by atoms with Gasteiger partial charge in [0.25, 0.3) is 5.56 Å². The number of hydrogen-bond acceptors (Lipinski definition) is 5. The lowest BCUT2D eigenvalue weighted by Gasteiger charge is -2.07. The van der Waals surface area contributed by atoms with Gasteiger partial charge >= 0.3 is 6.61 Å². The average molecular weight is 397 g/mol. The molecule has 1 amide bonds. The summed E-state index contributed by atoms with van der Waals surface area (Å²) in [6.45, 7) is -0.858. The summed E-state index contributed by atoms with van der Waals surface area (Å²) in [4.78, 5) is 30.6. The van der Waals surface area contributed by atoms with Gasteiger partial charge in [-0.2, -0.15) is 8.78 Å². The van der Waals surface area contributed by atoms with Crippen LogP contribution in [-0.2, 0) is 11.2 Å². The third-order valence-electron chi connectivity index (χ3n) is 3.43. The van der Waals surface area contributed by atoms with E-state index >= 15 is 0 Å². The van der Waals surface area contributed by atoms with Crippen molar-refractivity contribution in [2.75, 3.05) is 11.1 Å². The topological polar surface area (TPSA) is 84.1 Å². The first-order chi connectivity index (χ1) is 13.0. The summed E-state index contributed by atoms with van der Waals surface area (Å²) in [6.07, 6.45) is 2.56. The Morgan fingerprint density at radius 1 is 1.33 bits per heavy atom. The number of thioether (sulfide) groups is 1. The number of nitrogens with one attached hydrogen (secondary N) is 2. The molecular formula is C18H21F2N3O3S. The first-order valence-electron chi connectivity index (χ1n) is 8.54. The standard InChI is InChI=1S/C18H21F2N3O3S/c1-2-4-13-11-16(25)23-18(22-13)27-10-3-5-15(24)21-12-6-8-14(9-7-12)26-17(19)20/h6-9,11,17H,2-5,10H2,1H3,(H,21,24)(H,22,23,25). The fourth-order valence-corrected chi connectivity index (χ4v) is 3.12. The summed E-state index contributed by atoms with van der Waals surface area (Å²) >= 11 is 1.40. The molecule has 0 aliphatic heterocycles. The molecule has 0 saturated heterocycles. The van der Waals surface area contributed by atoms with Crippen molar-refractivity contribution in [3.63, 3.8) is 0 Å². The molecule has 146 valence electrons. The van der Waals surface area contributed by atoms with Gasteiger partial charge in [-0.1, -0.05) is 25.1 Å². The van der Waals surface area contributed by atoms with Gasteiger partial charge in [0.1, 0.15) is 5.75 Å². The maximum atomic E-state index is 12.1. The zero-order valence-electron chi connectivity index (χ0n) is 14.8. The second-order valence-corrected chi connectivity index (χ2v) is 6.78. The number of ether oxygens (including phenoxy) is 1. The van der Waals surface area contributed by atoms with Crippen molar-refractivity contribution in [2.24, 2.45) is 0 Å². The SMILES string of the molecule is CCCc1cc(=O)[nH]c(SCCCC(=O)Nc2ccc(OC(F)F)cc2)n1. The lowest BCUT2D eigenvalue weighted by Crippen LogP contribution is -2.12. The van der Waals surface area contributed by atoms with Crippen molar-refractivity contribution < 1.29 is 18.3 Å². The predicted molar refractivity (Wildman–Crippen MR) is 101 cm³/mol. The van der Waals surface area contributed by atoms with Crippen molar-refractivity contribution >= 4 is 23.4 Å². The number of H-pyrrole nitrogens is 1. The van der Waals surface area contributed by atoms with Crippen LogP contribution in [-0.4, -0.2) is 28.2 Å². The highest BCUT2D eigenvalue weighted by Crippen LogP contribution is 2.18. The highest BCUT2D eigenvalue weighted by Gasteiger charge is 2.07. The number of benzene rings is 1. The van der Waals surface area contributed by atoms with Crippen LogP contribution < -0.4 is 15.6 Å². The monoisotopic (exact) mass is 397 g/mol. The normalized spacial score (nSPS) is 10.8. The largest absolute Gasteiger partial charge is 0.435 e. The molecule has 0 aliphatic carbocycles. The van der Waals surface area contributed by atoms with Crippen LogP contribution in [0, 0.1) is 0 Å². The second kappa shape index (κ2) is 10.7. The van der Waals surface area contributed by atoms with Gasteiger partial charge in [-0.3, -0.25) is 9.59 Å². The third-order valence-corrected chi connectivity index (χ3v) is 4.39. The summed E-state index contributed by atoms with van der Waals surface area (Å²) in [6, 6.07) is 7.22. The van der Waals surface area contributed by atoms with Gasteiger partial charge in [0, 0.05) is 29.6 Å². The van der Waals surface area contributed by atoms with Crippen LogP contribution in [0.4, 0.5) is 14.5 Å². The van der Waals surface area contributed by atoms with E-state index in [4.69, 9.17) is 0 Å². The summed E-state index contributed by atoms with van der Waals surface area (Å²) in [7, 11) is 0. The Balaban J connectivity index is 1.74. The van der Waals surface area contributed by atoms with Crippen LogP contribution in [0.3, 0.4) is 0 Å². The van der Waals surface area contributed by atoms with E-state index in [0.717, 1.165) is 18.5 Å². The maximum absolute atomic E-state index is 12.1. The van der Waals surface area contributed by atoms with Crippen LogP contribution in [0.1, 0.15) is 31.9 Å².